The smallest absolute Gasteiger partial charge is 0.294 e. The zero-order chi connectivity index (χ0) is 15.2. The number of thiazole rings is 1. The molecule has 7 heteroatoms. The van der Waals surface area contributed by atoms with Gasteiger partial charge in [-0.05, 0) is 42.5 Å². The zero-order valence-corrected chi connectivity index (χ0v) is 14.3. The SMILES string of the molecule is Cc1cc(C)c2sc(=NS(=O)(=O)c3cccs3)n(C)c2c1. The summed E-state index contributed by atoms with van der Waals surface area (Å²) in [4.78, 5) is 0.493. The molecule has 0 aliphatic heterocycles. The van der Waals surface area contributed by atoms with Gasteiger partial charge in [-0.15, -0.1) is 15.7 Å². The highest BCUT2D eigenvalue weighted by atomic mass is 32.2. The van der Waals surface area contributed by atoms with Crippen LogP contribution in [0.25, 0.3) is 10.2 Å². The summed E-state index contributed by atoms with van der Waals surface area (Å²) in [5.74, 6) is 0. The number of aromatic nitrogens is 1. The van der Waals surface area contributed by atoms with Gasteiger partial charge in [0.15, 0.2) is 0 Å². The molecule has 0 atom stereocenters. The Morgan fingerprint density at radius 1 is 1.24 bits per heavy atom. The van der Waals surface area contributed by atoms with Crippen molar-refractivity contribution in [1.82, 2.24) is 4.57 Å². The van der Waals surface area contributed by atoms with Gasteiger partial charge in [0.2, 0.25) is 4.80 Å². The highest BCUT2D eigenvalue weighted by Gasteiger charge is 2.15. The minimum Gasteiger partial charge on any atom is -0.319 e. The van der Waals surface area contributed by atoms with Crippen molar-refractivity contribution in [2.45, 2.75) is 18.1 Å². The molecule has 0 amide bonds. The van der Waals surface area contributed by atoms with Gasteiger partial charge in [0, 0.05) is 7.05 Å². The van der Waals surface area contributed by atoms with Crippen molar-refractivity contribution in [3.05, 3.63) is 45.6 Å². The van der Waals surface area contributed by atoms with Crippen molar-refractivity contribution in [2.75, 3.05) is 0 Å². The fourth-order valence-corrected chi connectivity index (χ4v) is 5.48. The van der Waals surface area contributed by atoms with E-state index in [1.54, 1.807) is 17.5 Å². The molecule has 3 aromatic rings. The Bertz CT molecular complexity index is 977. The van der Waals surface area contributed by atoms with E-state index in [2.05, 4.69) is 16.5 Å². The van der Waals surface area contributed by atoms with E-state index in [0.717, 1.165) is 21.3 Å². The lowest BCUT2D eigenvalue weighted by Crippen LogP contribution is -2.13. The first-order valence-corrected chi connectivity index (χ1v) is 9.43. The van der Waals surface area contributed by atoms with Crippen LogP contribution in [0.2, 0.25) is 0 Å². The molecule has 2 heterocycles. The Hall–Kier alpha value is -1.44. The van der Waals surface area contributed by atoms with Crippen molar-refractivity contribution >= 4 is 42.9 Å². The monoisotopic (exact) mass is 338 g/mol. The second-order valence-corrected chi connectivity index (χ2v) is 8.63. The molecule has 0 aliphatic carbocycles. The predicted octanol–water partition coefficient (Wildman–Crippen LogP) is 3.21. The van der Waals surface area contributed by atoms with E-state index in [1.807, 2.05) is 25.5 Å². The molecule has 0 aliphatic rings. The molecule has 0 bridgehead atoms. The summed E-state index contributed by atoms with van der Waals surface area (Å²) in [7, 11) is -1.78. The third-order valence-corrected chi connectivity index (χ3v) is 7.23. The minimum absolute atomic E-state index is 0.271. The molecular formula is C14H14N2O2S3. The van der Waals surface area contributed by atoms with Gasteiger partial charge in [-0.3, -0.25) is 0 Å². The van der Waals surface area contributed by atoms with Crippen LogP contribution in [0, 0.1) is 13.8 Å². The van der Waals surface area contributed by atoms with Crippen LogP contribution < -0.4 is 4.80 Å². The largest absolute Gasteiger partial charge is 0.319 e. The van der Waals surface area contributed by atoms with E-state index in [4.69, 9.17) is 0 Å². The van der Waals surface area contributed by atoms with Crippen LogP contribution in [0.15, 0.2) is 38.3 Å². The second kappa shape index (κ2) is 5.08. The molecular weight excluding hydrogens is 324 g/mol. The first kappa shape index (κ1) is 14.5. The quantitative estimate of drug-likeness (QED) is 0.720. The summed E-state index contributed by atoms with van der Waals surface area (Å²) in [5.41, 5.74) is 3.30. The summed E-state index contributed by atoms with van der Waals surface area (Å²) in [6.07, 6.45) is 0. The van der Waals surface area contributed by atoms with Crippen LogP contribution in [-0.4, -0.2) is 13.0 Å². The highest BCUT2D eigenvalue weighted by molar-refractivity contribution is 7.92. The van der Waals surface area contributed by atoms with Gasteiger partial charge >= 0.3 is 0 Å². The number of fused-ring (bicyclic) bond motifs is 1. The molecule has 0 fully saturated rings. The van der Waals surface area contributed by atoms with Gasteiger partial charge in [-0.25, -0.2) is 0 Å². The maximum Gasteiger partial charge on any atom is 0.294 e. The number of hydrogen-bond donors (Lipinski definition) is 0. The predicted molar refractivity (Wildman–Crippen MR) is 87.3 cm³/mol. The Morgan fingerprint density at radius 3 is 2.67 bits per heavy atom. The van der Waals surface area contributed by atoms with Crippen LogP contribution in [0.5, 0.6) is 0 Å². The Kier molecular flexibility index (Phi) is 3.51. The van der Waals surface area contributed by atoms with Gasteiger partial charge < -0.3 is 4.57 Å². The molecule has 1 aromatic carbocycles. The van der Waals surface area contributed by atoms with Crippen LogP contribution in [-0.2, 0) is 17.1 Å². The molecule has 0 N–H and O–H groups in total. The van der Waals surface area contributed by atoms with Crippen LogP contribution >= 0.6 is 22.7 Å². The van der Waals surface area contributed by atoms with Gasteiger partial charge in [0.05, 0.1) is 10.2 Å². The maximum atomic E-state index is 12.3. The number of sulfonamides is 1. The Balaban J connectivity index is 2.29. The third kappa shape index (κ3) is 2.56. The lowest BCUT2D eigenvalue weighted by molar-refractivity contribution is 0.598. The molecule has 3 rings (SSSR count). The Labute approximate surface area is 131 Å². The topological polar surface area (TPSA) is 51.4 Å². The summed E-state index contributed by atoms with van der Waals surface area (Å²) >= 11 is 2.59. The van der Waals surface area contributed by atoms with Gasteiger partial charge in [0.25, 0.3) is 10.0 Å². The molecule has 0 radical (unpaired) electrons. The molecule has 0 saturated heterocycles. The van der Waals surface area contributed by atoms with E-state index in [0.29, 0.717) is 4.80 Å². The third-order valence-electron chi connectivity index (χ3n) is 3.19. The van der Waals surface area contributed by atoms with E-state index in [-0.39, 0.29) is 4.21 Å². The normalized spacial score (nSPS) is 13.2. The number of thiophene rings is 1. The first-order valence-electron chi connectivity index (χ1n) is 6.30. The highest BCUT2D eigenvalue weighted by Crippen LogP contribution is 2.23. The summed E-state index contributed by atoms with van der Waals surface area (Å²) < 4.78 is 31.7. The van der Waals surface area contributed by atoms with Crippen molar-refractivity contribution in [2.24, 2.45) is 11.4 Å². The number of rotatable bonds is 2. The van der Waals surface area contributed by atoms with Crippen molar-refractivity contribution in [1.29, 1.82) is 0 Å². The van der Waals surface area contributed by atoms with E-state index >= 15 is 0 Å². The van der Waals surface area contributed by atoms with Crippen molar-refractivity contribution in [3.8, 4) is 0 Å². The van der Waals surface area contributed by atoms with Gasteiger partial charge in [-0.2, -0.15) is 8.42 Å². The maximum absolute atomic E-state index is 12.3. The summed E-state index contributed by atoms with van der Waals surface area (Å²) in [6, 6.07) is 7.43. The molecule has 110 valence electrons. The summed E-state index contributed by atoms with van der Waals surface area (Å²) in [6.45, 7) is 4.06. The Morgan fingerprint density at radius 2 is 2.00 bits per heavy atom. The minimum atomic E-state index is -3.63. The lowest BCUT2D eigenvalue weighted by atomic mass is 10.1. The lowest BCUT2D eigenvalue weighted by Gasteiger charge is -2.00. The molecule has 0 saturated carbocycles. The number of hydrogen-bond acceptors (Lipinski definition) is 4. The second-order valence-electron chi connectivity index (χ2n) is 4.87. The average molecular weight is 338 g/mol. The standard InChI is InChI=1S/C14H14N2O2S3/c1-9-7-10(2)13-11(8-9)16(3)14(20-13)15-21(17,18)12-5-4-6-19-12/h4-8H,1-3H3. The fraction of sp³-hybridized carbons (Fsp3) is 0.214. The molecule has 0 unspecified atom stereocenters. The molecule has 4 nitrogen and oxygen atoms in total. The van der Waals surface area contributed by atoms with E-state index < -0.39 is 10.0 Å². The van der Waals surface area contributed by atoms with E-state index in [9.17, 15) is 8.42 Å². The van der Waals surface area contributed by atoms with Gasteiger partial charge in [-0.1, -0.05) is 23.5 Å². The van der Waals surface area contributed by atoms with Crippen LogP contribution in [0.3, 0.4) is 0 Å². The van der Waals surface area contributed by atoms with Crippen LogP contribution in [0.1, 0.15) is 11.1 Å². The average Bonchev–Trinajstić information content (AvgIpc) is 3.01. The van der Waals surface area contributed by atoms with Crippen molar-refractivity contribution in [3.63, 3.8) is 0 Å². The fourth-order valence-electron chi connectivity index (χ4n) is 2.21. The van der Waals surface area contributed by atoms with Gasteiger partial charge in [0.1, 0.15) is 4.21 Å². The zero-order valence-electron chi connectivity index (χ0n) is 11.8. The molecule has 21 heavy (non-hydrogen) atoms. The number of nitrogens with zero attached hydrogens (tertiary/aromatic N) is 2. The van der Waals surface area contributed by atoms with E-state index in [1.165, 1.54) is 22.7 Å². The molecule has 0 spiro atoms. The summed E-state index contributed by atoms with van der Waals surface area (Å²) in [5, 5.41) is 1.74. The van der Waals surface area contributed by atoms with Crippen LogP contribution in [0.4, 0.5) is 0 Å². The number of aryl methyl sites for hydroxylation is 3. The first-order chi connectivity index (χ1) is 9.88. The molecule has 2 aromatic heterocycles. The number of benzene rings is 1. The van der Waals surface area contributed by atoms with Crippen molar-refractivity contribution < 1.29 is 8.42 Å².